The summed E-state index contributed by atoms with van der Waals surface area (Å²) in [7, 11) is 0. The van der Waals surface area contributed by atoms with Crippen LogP contribution >= 0.6 is 0 Å². The highest BCUT2D eigenvalue weighted by Crippen LogP contribution is 2.13. The molecular weight excluding hydrogens is 172 g/mol. The monoisotopic (exact) mass is 181 g/mol. The van der Waals surface area contributed by atoms with E-state index in [0.717, 1.165) is 6.07 Å². The molecule has 1 aromatic carbocycles. The summed E-state index contributed by atoms with van der Waals surface area (Å²) in [5.41, 5.74) is 0.350. The number of nitrogens with one attached hydrogen (secondary N) is 1. The van der Waals surface area contributed by atoms with Gasteiger partial charge in [0.2, 0.25) is 0 Å². The Morgan fingerprint density at radius 1 is 1.31 bits per heavy atom. The molecule has 13 heavy (non-hydrogen) atoms. The summed E-state index contributed by atoms with van der Waals surface area (Å²) in [5, 5.41) is 2.76. The van der Waals surface area contributed by atoms with Crippen molar-refractivity contribution in [3.8, 4) is 12.3 Å². The highest BCUT2D eigenvalue weighted by atomic mass is 19.1. The first-order valence-corrected chi connectivity index (χ1v) is 3.80. The second kappa shape index (κ2) is 3.90. The number of rotatable bonds is 2. The minimum Gasteiger partial charge on any atom is -0.372 e. The van der Waals surface area contributed by atoms with Crippen molar-refractivity contribution in [2.24, 2.45) is 0 Å². The molecule has 0 radical (unpaired) electrons. The lowest BCUT2D eigenvalue weighted by Gasteiger charge is -2.08. The number of hydrogen-bond donors (Lipinski definition) is 1. The Bertz CT molecular complexity index is 321. The molecule has 0 aliphatic rings. The zero-order chi connectivity index (χ0) is 9.84. The van der Waals surface area contributed by atoms with Gasteiger partial charge in [-0.1, -0.05) is 5.92 Å². The second-order valence-corrected chi connectivity index (χ2v) is 2.69. The van der Waals surface area contributed by atoms with E-state index in [1.807, 2.05) is 0 Å². The zero-order valence-corrected chi connectivity index (χ0v) is 7.14. The number of hydrogen-bond acceptors (Lipinski definition) is 1. The SMILES string of the molecule is C#CC(C)Nc1cc(F)cc(F)c1. The molecule has 0 saturated carbocycles. The molecule has 0 heterocycles. The van der Waals surface area contributed by atoms with Gasteiger partial charge in [0.1, 0.15) is 11.6 Å². The van der Waals surface area contributed by atoms with E-state index in [2.05, 4.69) is 11.2 Å². The third kappa shape index (κ3) is 2.75. The van der Waals surface area contributed by atoms with Gasteiger partial charge < -0.3 is 5.32 Å². The van der Waals surface area contributed by atoms with Crippen LogP contribution in [0.2, 0.25) is 0 Å². The molecule has 1 unspecified atom stereocenters. The lowest BCUT2D eigenvalue weighted by Crippen LogP contribution is -2.12. The molecule has 0 saturated heterocycles. The van der Waals surface area contributed by atoms with Crippen molar-refractivity contribution in [1.82, 2.24) is 0 Å². The van der Waals surface area contributed by atoms with Crippen LogP contribution in [0.3, 0.4) is 0 Å². The summed E-state index contributed by atoms with van der Waals surface area (Å²) >= 11 is 0. The summed E-state index contributed by atoms with van der Waals surface area (Å²) in [4.78, 5) is 0. The Balaban J connectivity index is 2.84. The van der Waals surface area contributed by atoms with Crippen LogP contribution in [0.1, 0.15) is 6.92 Å². The quantitative estimate of drug-likeness (QED) is 0.691. The van der Waals surface area contributed by atoms with Gasteiger partial charge in [0.05, 0.1) is 6.04 Å². The van der Waals surface area contributed by atoms with Gasteiger partial charge >= 0.3 is 0 Å². The van der Waals surface area contributed by atoms with Crippen molar-refractivity contribution in [3.63, 3.8) is 0 Å². The summed E-state index contributed by atoms with van der Waals surface area (Å²) in [6.45, 7) is 1.73. The minimum absolute atomic E-state index is 0.249. The molecule has 1 atom stereocenters. The van der Waals surface area contributed by atoms with Crippen LogP contribution in [0.5, 0.6) is 0 Å². The fourth-order valence-corrected chi connectivity index (χ4v) is 0.929. The van der Waals surface area contributed by atoms with Gasteiger partial charge in [-0.15, -0.1) is 6.42 Å². The standard InChI is InChI=1S/C10H9F2N/c1-3-7(2)13-10-5-8(11)4-9(12)6-10/h1,4-7,13H,2H3. The molecule has 0 amide bonds. The molecule has 0 fully saturated rings. The molecule has 0 bridgehead atoms. The van der Waals surface area contributed by atoms with E-state index in [1.165, 1.54) is 12.1 Å². The van der Waals surface area contributed by atoms with Crippen molar-refractivity contribution in [3.05, 3.63) is 29.8 Å². The van der Waals surface area contributed by atoms with Gasteiger partial charge in [-0.05, 0) is 19.1 Å². The first-order chi connectivity index (χ1) is 6.11. The molecular formula is C10H9F2N. The number of anilines is 1. The summed E-state index contributed by atoms with van der Waals surface area (Å²) < 4.78 is 25.3. The molecule has 0 aliphatic carbocycles. The second-order valence-electron chi connectivity index (χ2n) is 2.69. The maximum Gasteiger partial charge on any atom is 0.128 e. The minimum atomic E-state index is -0.619. The van der Waals surface area contributed by atoms with E-state index >= 15 is 0 Å². The highest BCUT2D eigenvalue weighted by Gasteiger charge is 2.01. The molecule has 0 aliphatic heterocycles. The van der Waals surface area contributed by atoms with Crippen molar-refractivity contribution < 1.29 is 8.78 Å². The highest BCUT2D eigenvalue weighted by molar-refractivity contribution is 5.45. The van der Waals surface area contributed by atoms with Crippen molar-refractivity contribution in [2.45, 2.75) is 13.0 Å². The largest absolute Gasteiger partial charge is 0.372 e. The maximum absolute atomic E-state index is 12.7. The van der Waals surface area contributed by atoms with Crippen LogP contribution in [0.15, 0.2) is 18.2 Å². The third-order valence-electron chi connectivity index (χ3n) is 1.50. The zero-order valence-electron chi connectivity index (χ0n) is 7.14. The topological polar surface area (TPSA) is 12.0 Å². The lowest BCUT2D eigenvalue weighted by atomic mass is 10.2. The van der Waals surface area contributed by atoms with E-state index < -0.39 is 11.6 Å². The van der Waals surface area contributed by atoms with Crippen LogP contribution < -0.4 is 5.32 Å². The molecule has 0 spiro atoms. The molecule has 68 valence electrons. The van der Waals surface area contributed by atoms with Crippen LogP contribution in [-0.4, -0.2) is 6.04 Å². The van der Waals surface area contributed by atoms with Crippen LogP contribution in [0.25, 0.3) is 0 Å². The molecule has 1 rings (SSSR count). The Morgan fingerprint density at radius 3 is 2.31 bits per heavy atom. The van der Waals surface area contributed by atoms with Gasteiger partial charge in [-0.25, -0.2) is 8.78 Å². The van der Waals surface area contributed by atoms with Gasteiger partial charge in [0.25, 0.3) is 0 Å². The Labute approximate surface area is 75.8 Å². The molecule has 1 aromatic rings. The summed E-state index contributed by atoms with van der Waals surface area (Å²) in [6.07, 6.45) is 5.10. The third-order valence-corrected chi connectivity index (χ3v) is 1.50. The fraction of sp³-hybridized carbons (Fsp3) is 0.200. The van der Waals surface area contributed by atoms with Gasteiger partial charge in [-0.3, -0.25) is 0 Å². The van der Waals surface area contributed by atoms with E-state index in [4.69, 9.17) is 6.42 Å². The molecule has 1 nitrogen and oxygen atoms in total. The Kier molecular flexibility index (Phi) is 2.86. The molecule has 3 heteroatoms. The van der Waals surface area contributed by atoms with Crippen LogP contribution in [-0.2, 0) is 0 Å². The number of halogens is 2. The Hall–Kier alpha value is -1.56. The predicted molar refractivity (Wildman–Crippen MR) is 48.3 cm³/mol. The van der Waals surface area contributed by atoms with Gasteiger partial charge in [0, 0.05) is 11.8 Å². The first-order valence-electron chi connectivity index (χ1n) is 3.80. The molecule has 0 aromatic heterocycles. The Morgan fingerprint density at radius 2 is 1.85 bits per heavy atom. The average molecular weight is 181 g/mol. The van der Waals surface area contributed by atoms with E-state index in [9.17, 15) is 8.78 Å². The van der Waals surface area contributed by atoms with E-state index in [-0.39, 0.29) is 6.04 Å². The number of terminal acetylenes is 1. The normalized spacial score (nSPS) is 11.8. The van der Waals surface area contributed by atoms with Crippen molar-refractivity contribution >= 4 is 5.69 Å². The lowest BCUT2D eigenvalue weighted by molar-refractivity contribution is 0.584. The smallest absolute Gasteiger partial charge is 0.128 e. The summed E-state index contributed by atoms with van der Waals surface area (Å²) in [6, 6.07) is 2.95. The van der Waals surface area contributed by atoms with Gasteiger partial charge in [0.15, 0.2) is 0 Å². The molecule has 1 N–H and O–H groups in total. The van der Waals surface area contributed by atoms with Crippen molar-refractivity contribution in [2.75, 3.05) is 5.32 Å². The van der Waals surface area contributed by atoms with E-state index in [0.29, 0.717) is 5.69 Å². The van der Waals surface area contributed by atoms with Crippen LogP contribution in [0.4, 0.5) is 14.5 Å². The van der Waals surface area contributed by atoms with E-state index in [1.54, 1.807) is 6.92 Å². The maximum atomic E-state index is 12.7. The number of benzene rings is 1. The predicted octanol–water partition coefficient (Wildman–Crippen LogP) is 2.40. The first kappa shape index (κ1) is 9.53. The fourth-order valence-electron chi connectivity index (χ4n) is 0.929. The summed E-state index contributed by atoms with van der Waals surface area (Å²) in [5.74, 6) is 1.16. The van der Waals surface area contributed by atoms with Crippen LogP contribution in [0, 0.1) is 24.0 Å². The van der Waals surface area contributed by atoms with Gasteiger partial charge in [-0.2, -0.15) is 0 Å². The van der Waals surface area contributed by atoms with Crippen molar-refractivity contribution in [1.29, 1.82) is 0 Å². The average Bonchev–Trinajstić information content (AvgIpc) is 2.02.